The minimum absolute atomic E-state index is 0.214. The molecule has 0 saturated carbocycles. The Balaban J connectivity index is 2.20. The van der Waals surface area contributed by atoms with Crippen molar-refractivity contribution in [3.63, 3.8) is 0 Å². The average molecular weight is 284 g/mol. The Kier molecular flexibility index (Phi) is 4.06. The molecule has 6 nitrogen and oxygen atoms in total. The van der Waals surface area contributed by atoms with Crippen LogP contribution in [0.15, 0.2) is 29.2 Å². The molecular weight excluding hydrogens is 268 g/mol. The molecule has 0 radical (unpaired) electrons. The first-order valence-corrected chi connectivity index (χ1v) is 7.35. The van der Waals surface area contributed by atoms with Gasteiger partial charge >= 0.3 is 0 Å². The first-order valence-electron chi connectivity index (χ1n) is 5.91. The van der Waals surface area contributed by atoms with Crippen molar-refractivity contribution < 1.29 is 17.9 Å². The number of carbonyl (C=O) groups excluding carboxylic acids is 1. The topological polar surface area (TPSA) is 66.9 Å². The minimum atomic E-state index is -3.52. The third kappa shape index (κ3) is 2.87. The van der Waals surface area contributed by atoms with Crippen LogP contribution in [-0.2, 0) is 14.8 Å². The van der Waals surface area contributed by atoms with E-state index in [-0.39, 0.29) is 4.90 Å². The Morgan fingerprint density at radius 3 is 2.47 bits per heavy atom. The van der Waals surface area contributed by atoms with Gasteiger partial charge in [-0.2, -0.15) is 4.31 Å². The Bertz CT molecular complexity index is 551. The highest BCUT2D eigenvalue weighted by atomic mass is 32.2. The van der Waals surface area contributed by atoms with E-state index in [4.69, 9.17) is 4.74 Å². The number of piperazine rings is 1. The van der Waals surface area contributed by atoms with E-state index in [1.54, 1.807) is 23.1 Å². The number of ether oxygens (including phenoxy) is 1. The van der Waals surface area contributed by atoms with Gasteiger partial charge in [-0.25, -0.2) is 8.42 Å². The lowest BCUT2D eigenvalue weighted by Crippen LogP contribution is -2.47. The van der Waals surface area contributed by atoms with E-state index in [1.807, 2.05) is 0 Å². The third-order valence-electron chi connectivity index (χ3n) is 3.10. The summed E-state index contributed by atoms with van der Waals surface area (Å²) in [5.41, 5.74) is 0. The molecule has 0 N–H and O–H groups in total. The normalized spacial score (nSPS) is 17.2. The van der Waals surface area contributed by atoms with Crippen LogP contribution in [0.2, 0.25) is 0 Å². The van der Waals surface area contributed by atoms with Gasteiger partial charge in [0.1, 0.15) is 5.75 Å². The van der Waals surface area contributed by atoms with E-state index >= 15 is 0 Å². The largest absolute Gasteiger partial charge is 0.497 e. The zero-order chi connectivity index (χ0) is 13.9. The molecule has 0 unspecified atom stereocenters. The number of sulfonamides is 1. The highest BCUT2D eigenvalue weighted by molar-refractivity contribution is 7.89. The van der Waals surface area contributed by atoms with Crippen molar-refractivity contribution in [1.29, 1.82) is 0 Å². The predicted molar refractivity (Wildman–Crippen MR) is 69.4 cm³/mol. The number of benzene rings is 1. The van der Waals surface area contributed by atoms with Gasteiger partial charge in [0.15, 0.2) is 0 Å². The van der Waals surface area contributed by atoms with Crippen LogP contribution in [0, 0.1) is 0 Å². The van der Waals surface area contributed by atoms with Crippen LogP contribution in [0.4, 0.5) is 0 Å². The first-order chi connectivity index (χ1) is 9.07. The summed E-state index contributed by atoms with van der Waals surface area (Å²) >= 11 is 0. The van der Waals surface area contributed by atoms with Gasteiger partial charge in [-0.15, -0.1) is 0 Å². The molecule has 1 amide bonds. The average Bonchev–Trinajstić information content (AvgIpc) is 2.47. The third-order valence-corrected chi connectivity index (χ3v) is 5.00. The van der Waals surface area contributed by atoms with Crippen molar-refractivity contribution in [1.82, 2.24) is 9.21 Å². The Morgan fingerprint density at radius 1 is 1.21 bits per heavy atom. The van der Waals surface area contributed by atoms with Crippen molar-refractivity contribution in [3.8, 4) is 5.75 Å². The molecule has 0 bridgehead atoms. The second-order valence-corrected chi connectivity index (χ2v) is 6.16. The highest BCUT2D eigenvalue weighted by Crippen LogP contribution is 2.21. The van der Waals surface area contributed by atoms with Crippen molar-refractivity contribution in [2.45, 2.75) is 4.90 Å². The van der Waals surface area contributed by atoms with Crippen LogP contribution >= 0.6 is 0 Å². The number of carbonyl (C=O) groups is 1. The van der Waals surface area contributed by atoms with Crippen molar-refractivity contribution >= 4 is 16.4 Å². The zero-order valence-corrected chi connectivity index (χ0v) is 11.5. The van der Waals surface area contributed by atoms with Crippen LogP contribution in [0.1, 0.15) is 0 Å². The molecule has 104 valence electrons. The summed E-state index contributed by atoms with van der Waals surface area (Å²) in [5.74, 6) is 0.507. The fourth-order valence-electron chi connectivity index (χ4n) is 1.96. The first kappa shape index (κ1) is 13.8. The smallest absolute Gasteiger partial charge is 0.243 e. The molecule has 7 heteroatoms. The standard InChI is InChI=1S/C12H16N2O4S/c1-18-11-3-2-4-12(9-11)19(16,17)14-7-5-13(10-15)6-8-14/h2-4,9-10H,5-8H2,1H3. The van der Waals surface area contributed by atoms with Crippen molar-refractivity contribution in [3.05, 3.63) is 24.3 Å². The number of hydrogen-bond donors (Lipinski definition) is 0. The van der Waals surface area contributed by atoms with E-state index in [9.17, 15) is 13.2 Å². The lowest BCUT2D eigenvalue weighted by molar-refractivity contribution is -0.119. The Hall–Kier alpha value is -1.60. The van der Waals surface area contributed by atoms with Crippen LogP contribution < -0.4 is 4.74 Å². The number of nitrogens with zero attached hydrogens (tertiary/aromatic N) is 2. The molecule has 0 aromatic heterocycles. The summed E-state index contributed by atoms with van der Waals surface area (Å²) < 4.78 is 31.3. The maximum atomic E-state index is 12.4. The maximum absolute atomic E-state index is 12.4. The Morgan fingerprint density at radius 2 is 1.89 bits per heavy atom. The summed E-state index contributed by atoms with van der Waals surface area (Å²) in [5, 5.41) is 0. The summed E-state index contributed by atoms with van der Waals surface area (Å²) in [6.45, 7) is 1.48. The number of amides is 1. The molecule has 1 aromatic rings. The predicted octanol–water partition coefficient (Wildman–Crippen LogP) is 0.158. The van der Waals surface area contributed by atoms with Crippen LogP contribution in [0.5, 0.6) is 5.75 Å². The summed E-state index contributed by atoms with van der Waals surface area (Å²) in [7, 11) is -2.02. The Labute approximate surface area is 112 Å². The fourth-order valence-corrected chi connectivity index (χ4v) is 3.42. The van der Waals surface area contributed by atoms with E-state index in [2.05, 4.69) is 0 Å². The van der Waals surface area contributed by atoms with Gasteiger partial charge in [0.25, 0.3) is 0 Å². The molecule has 1 saturated heterocycles. The van der Waals surface area contributed by atoms with E-state index < -0.39 is 10.0 Å². The molecule has 2 rings (SSSR count). The monoisotopic (exact) mass is 284 g/mol. The molecule has 1 fully saturated rings. The van der Waals surface area contributed by atoms with E-state index in [0.717, 1.165) is 6.41 Å². The van der Waals surface area contributed by atoms with Crippen molar-refractivity contribution in [2.24, 2.45) is 0 Å². The summed E-state index contributed by atoms with van der Waals surface area (Å²) in [6, 6.07) is 6.39. The highest BCUT2D eigenvalue weighted by Gasteiger charge is 2.28. The van der Waals surface area contributed by atoms with Gasteiger partial charge in [-0.3, -0.25) is 4.79 Å². The lowest BCUT2D eigenvalue weighted by Gasteiger charge is -2.31. The summed E-state index contributed by atoms with van der Waals surface area (Å²) in [4.78, 5) is 12.4. The molecule has 0 atom stereocenters. The molecule has 19 heavy (non-hydrogen) atoms. The second kappa shape index (κ2) is 5.58. The number of rotatable bonds is 4. The van der Waals surface area contributed by atoms with Gasteiger partial charge in [0.2, 0.25) is 16.4 Å². The summed E-state index contributed by atoms with van der Waals surface area (Å²) in [6.07, 6.45) is 0.746. The SMILES string of the molecule is COc1cccc(S(=O)(=O)N2CCN(C=O)CC2)c1. The molecule has 1 aromatic carbocycles. The van der Waals surface area contributed by atoms with Gasteiger partial charge in [-0.05, 0) is 12.1 Å². The lowest BCUT2D eigenvalue weighted by atomic mass is 10.3. The quantitative estimate of drug-likeness (QED) is 0.739. The maximum Gasteiger partial charge on any atom is 0.243 e. The van der Waals surface area contributed by atoms with Crippen molar-refractivity contribution in [2.75, 3.05) is 33.3 Å². The van der Waals surface area contributed by atoms with Gasteiger partial charge in [0.05, 0.1) is 12.0 Å². The van der Waals surface area contributed by atoms with Gasteiger partial charge in [0, 0.05) is 32.2 Å². The molecule has 1 heterocycles. The minimum Gasteiger partial charge on any atom is -0.497 e. The molecular formula is C12H16N2O4S. The van der Waals surface area contributed by atoms with Crippen LogP contribution in [0.3, 0.4) is 0 Å². The molecule has 0 spiro atoms. The van der Waals surface area contributed by atoms with Gasteiger partial charge in [-0.1, -0.05) is 6.07 Å². The van der Waals surface area contributed by atoms with Gasteiger partial charge < -0.3 is 9.64 Å². The molecule has 0 aliphatic carbocycles. The van der Waals surface area contributed by atoms with Crippen LogP contribution in [0.25, 0.3) is 0 Å². The second-order valence-electron chi connectivity index (χ2n) is 4.22. The number of hydrogen-bond acceptors (Lipinski definition) is 4. The molecule has 1 aliphatic rings. The van der Waals surface area contributed by atoms with Crippen LogP contribution in [-0.4, -0.2) is 57.3 Å². The number of methoxy groups -OCH3 is 1. The van der Waals surface area contributed by atoms with E-state index in [0.29, 0.717) is 31.9 Å². The zero-order valence-electron chi connectivity index (χ0n) is 10.7. The van der Waals surface area contributed by atoms with E-state index in [1.165, 1.54) is 17.5 Å². The molecule has 1 aliphatic heterocycles. The fraction of sp³-hybridized carbons (Fsp3) is 0.417.